The highest BCUT2D eigenvalue weighted by Gasteiger charge is 2.28. The third kappa shape index (κ3) is 3.33. The van der Waals surface area contributed by atoms with E-state index >= 15 is 0 Å². The molecule has 0 radical (unpaired) electrons. The molecule has 0 aromatic heterocycles. The number of carboxylic acid groups (broad SMARTS) is 1. The van der Waals surface area contributed by atoms with Crippen molar-refractivity contribution in [2.45, 2.75) is 36.9 Å². The SMILES string of the molecule is CC1CCC(CS(=O)(=O)c2ccc(C(=O)O)cc2)O1. The van der Waals surface area contributed by atoms with Crippen molar-refractivity contribution in [1.82, 2.24) is 0 Å². The molecule has 0 amide bonds. The van der Waals surface area contributed by atoms with Crippen molar-refractivity contribution < 1.29 is 23.1 Å². The van der Waals surface area contributed by atoms with Gasteiger partial charge in [0.25, 0.3) is 0 Å². The third-order valence-corrected chi connectivity index (χ3v) is 4.99. The van der Waals surface area contributed by atoms with Gasteiger partial charge in [-0.2, -0.15) is 0 Å². The van der Waals surface area contributed by atoms with Gasteiger partial charge < -0.3 is 9.84 Å². The van der Waals surface area contributed by atoms with Crippen LogP contribution in [0.2, 0.25) is 0 Å². The van der Waals surface area contributed by atoms with Crippen molar-refractivity contribution in [1.29, 1.82) is 0 Å². The van der Waals surface area contributed by atoms with Crippen LogP contribution >= 0.6 is 0 Å². The maximum absolute atomic E-state index is 12.1. The van der Waals surface area contributed by atoms with Crippen molar-refractivity contribution in [3.63, 3.8) is 0 Å². The lowest BCUT2D eigenvalue weighted by Gasteiger charge is -2.11. The van der Waals surface area contributed by atoms with E-state index in [1.807, 2.05) is 6.92 Å². The first-order valence-electron chi connectivity index (χ1n) is 6.10. The summed E-state index contributed by atoms with van der Waals surface area (Å²) in [5.74, 6) is -1.12. The summed E-state index contributed by atoms with van der Waals surface area (Å²) in [6.07, 6.45) is 1.46. The molecule has 2 unspecified atom stereocenters. The molecule has 104 valence electrons. The van der Waals surface area contributed by atoms with Gasteiger partial charge in [0.2, 0.25) is 0 Å². The van der Waals surface area contributed by atoms with Crippen LogP contribution in [0.1, 0.15) is 30.1 Å². The van der Waals surface area contributed by atoms with Crippen molar-refractivity contribution in [3.8, 4) is 0 Å². The molecule has 1 aromatic rings. The largest absolute Gasteiger partial charge is 0.478 e. The number of carboxylic acids is 1. The molecule has 0 saturated carbocycles. The fraction of sp³-hybridized carbons (Fsp3) is 0.462. The van der Waals surface area contributed by atoms with E-state index in [0.717, 1.165) is 12.8 Å². The number of sulfone groups is 1. The first-order valence-corrected chi connectivity index (χ1v) is 7.75. The van der Waals surface area contributed by atoms with Gasteiger partial charge in [-0.1, -0.05) is 0 Å². The number of benzene rings is 1. The zero-order valence-electron chi connectivity index (χ0n) is 10.6. The molecule has 1 fully saturated rings. The third-order valence-electron chi connectivity index (χ3n) is 3.19. The molecule has 1 heterocycles. The van der Waals surface area contributed by atoms with Gasteiger partial charge in [0.15, 0.2) is 9.84 Å². The Labute approximate surface area is 112 Å². The van der Waals surface area contributed by atoms with Crippen LogP contribution in [0.15, 0.2) is 29.2 Å². The van der Waals surface area contributed by atoms with Crippen LogP contribution in [0.5, 0.6) is 0 Å². The number of aromatic carboxylic acids is 1. The minimum absolute atomic E-state index is 0.0518. The Morgan fingerprint density at radius 2 is 1.95 bits per heavy atom. The van der Waals surface area contributed by atoms with Gasteiger partial charge in [0.1, 0.15) is 0 Å². The molecular weight excluding hydrogens is 268 g/mol. The molecule has 1 aliphatic rings. The Bertz CT molecular complexity index is 561. The highest BCUT2D eigenvalue weighted by molar-refractivity contribution is 7.91. The number of ether oxygens (including phenoxy) is 1. The van der Waals surface area contributed by atoms with Crippen molar-refractivity contribution in [2.24, 2.45) is 0 Å². The highest BCUT2D eigenvalue weighted by Crippen LogP contribution is 2.23. The Morgan fingerprint density at radius 3 is 2.42 bits per heavy atom. The lowest BCUT2D eigenvalue weighted by atomic mass is 10.2. The maximum atomic E-state index is 12.1. The molecule has 0 spiro atoms. The van der Waals surface area contributed by atoms with Gasteiger partial charge in [0.05, 0.1) is 28.4 Å². The molecule has 0 aliphatic carbocycles. The highest BCUT2D eigenvalue weighted by atomic mass is 32.2. The molecule has 1 aromatic carbocycles. The van der Waals surface area contributed by atoms with E-state index in [9.17, 15) is 13.2 Å². The fourth-order valence-corrected chi connectivity index (χ4v) is 3.63. The maximum Gasteiger partial charge on any atom is 0.335 e. The molecule has 19 heavy (non-hydrogen) atoms. The number of carbonyl (C=O) groups is 1. The van der Waals surface area contributed by atoms with Gasteiger partial charge in [-0.3, -0.25) is 0 Å². The first-order chi connectivity index (χ1) is 8.88. The zero-order chi connectivity index (χ0) is 14.0. The van der Waals surface area contributed by atoms with E-state index in [4.69, 9.17) is 9.84 Å². The summed E-state index contributed by atoms with van der Waals surface area (Å²) in [6.45, 7) is 1.92. The van der Waals surface area contributed by atoms with Crippen LogP contribution < -0.4 is 0 Å². The second-order valence-electron chi connectivity index (χ2n) is 4.76. The second-order valence-corrected chi connectivity index (χ2v) is 6.79. The van der Waals surface area contributed by atoms with Gasteiger partial charge in [-0.15, -0.1) is 0 Å². The quantitative estimate of drug-likeness (QED) is 0.910. The molecule has 1 N–H and O–H groups in total. The average molecular weight is 284 g/mol. The molecule has 2 atom stereocenters. The van der Waals surface area contributed by atoms with Crippen LogP contribution in [0.4, 0.5) is 0 Å². The fourth-order valence-electron chi connectivity index (χ4n) is 2.15. The van der Waals surface area contributed by atoms with Crippen LogP contribution in [-0.2, 0) is 14.6 Å². The lowest BCUT2D eigenvalue weighted by Crippen LogP contribution is -2.21. The predicted molar refractivity (Wildman–Crippen MR) is 69.0 cm³/mol. The van der Waals surface area contributed by atoms with Gasteiger partial charge in [0, 0.05) is 0 Å². The van der Waals surface area contributed by atoms with E-state index in [1.165, 1.54) is 24.3 Å². The minimum Gasteiger partial charge on any atom is -0.478 e. The topological polar surface area (TPSA) is 80.7 Å². The first kappa shape index (κ1) is 14.0. The molecule has 2 rings (SSSR count). The van der Waals surface area contributed by atoms with Gasteiger partial charge in [-0.25, -0.2) is 13.2 Å². The summed E-state index contributed by atoms with van der Waals surface area (Å²) in [7, 11) is -3.43. The summed E-state index contributed by atoms with van der Waals surface area (Å²) in [4.78, 5) is 10.8. The van der Waals surface area contributed by atoms with E-state index in [0.29, 0.717) is 0 Å². The van der Waals surface area contributed by atoms with E-state index in [2.05, 4.69) is 0 Å². The van der Waals surface area contributed by atoms with Crippen LogP contribution in [0.25, 0.3) is 0 Å². The molecule has 1 aliphatic heterocycles. The van der Waals surface area contributed by atoms with Crippen molar-refractivity contribution in [3.05, 3.63) is 29.8 Å². The Hall–Kier alpha value is -1.40. The Morgan fingerprint density at radius 1 is 1.32 bits per heavy atom. The second kappa shape index (κ2) is 5.30. The zero-order valence-corrected chi connectivity index (χ0v) is 11.4. The van der Waals surface area contributed by atoms with Crippen molar-refractivity contribution >= 4 is 15.8 Å². The summed E-state index contributed by atoms with van der Waals surface area (Å²) in [5.41, 5.74) is 0.0738. The number of hydrogen-bond acceptors (Lipinski definition) is 4. The average Bonchev–Trinajstić information content (AvgIpc) is 2.74. The Kier molecular flexibility index (Phi) is 3.91. The molecular formula is C13H16O5S. The van der Waals surface area contributed by atoms with E-state index in [-0.39, 0.29) is 28.4 Å². The van der Waals surface area contributed by atoms with Crippen LogP contribution in [-0.4, -0.2) is 37.5 Å². The minimum atomic E-state index is -3.43. The van der Waals surface area contributed by atoms with Crippen LogP contribution in [0.3, 0.4) is 0 Å². The monoisotopic (exact) mass is 284 g/mol. The van der Waals surface area contributed by atoms with Crippen molar-refractivity contribution in [2.75, 3.05) is 5.75 Å². The van der Waals surface area contributed by atoms with E-state index in [1.54, 1.807) is 0 Å². The van der Waals surface area contributed by atoms with Gasteiger partial charge >= 0.3 is 5.97 Å². The van der Waals surface area contributed by atoms with E-state index < -0.39 is 15.8 Å². The van der Waals surface area contributed by atoms with Gasteiger partial charge in [-0.05, 0) is 44.0 Å². The molecule has 1 saturated heterocycles. The summed E-state index contributed by atoms with van der Waals surface area (Å²) in [5, 5.41) is 8.77. The normalized spacial score (nSPS) is 23.4. The molecule has 0 bridgehead atoms. The number of hydrogen-bond donors (Lipinski definition) is 1. The standard InChI is InChI=1S/C13H16O5S/c1-9-2-5-11(18-9)8-19(16,17)12-6-3-10(4-7-12)13(14)15/h3-4,6-7,9,11H,2,5,8H2,1H3,(H,14,15). The molecule has 6 heteroatoms. The summed E-state index contributed by atoms with van der Waals surface area (Å²) >= 11 is 0. The lowest BCUT2D eigenvalue weighted by molar-refractivity contribution is 0.0686. The smallest absolute Gasteiger partial charge is 0.335 e. The summed E-state index contributed by atoms with van der Waals surface area (Å²) < 4.78 is 29.8. The number of rotatable bonds is 4. The summed E-state index contributed by atoms with van der Waals surface area (Å²) in [6, 6.07) is 5.26. The van der Waals surface area contributed by atoms with Crippen LogP contribution in [0, 0.1) is 0 Å². The predicted octanol–water partition coefficient (Wildman–Crippen LogP) is 1.73. The Balaban J connectivity index is 2.13. The molecule has 5 nitrogen and oxygen atoms in total.